The summed E-state index contributed by atoms with van der Waals surface area (Å²) in [7, 11) is 0. The van der Waals surface area contributed by atoms with Crippen LogP contribution < -0.4 is 21.7 Å². The molecule has 0 aliphatic rings. The molecule has 1 aromatic rings. The number of esters is 1. The number of ether oxygens (including phenoxy) is 1. The number of hydrogen-bond acceptors (Lipinski definition) is 7. The Bertz CT molecular complexity index is 1170. The van der Waals surface area contributed by atoms with Gasteiger partial charge in [0.1, 0.15) is 12.4 Å². The van der Waals surface area contributed by atoms with E-state index in [4.69, 9.17) is 10.5 Å². The maximum absolute atomic E-state index is 13.5. The number of nitrogens with one attached hydrogen (secondary N) is 3. The highest BCUT2D eigenvalue weighted by molar-refractivity contribution is 5.97. The predicted molar refractivity (Wildman–Crippen MR) is 183 cm³/mol. The minimum atomic E-state index is -0.745. The molecule has 0 bridgehead atoms. The summed E-state index contributed by atoms with van der Waals surface area (Å²) < 4.78 is 5.35. The molecular formula is C36H58N4O7. The summed E-state index contributed by atoms with van der Waals surface area (Å²) in [4.78, 5) is 74.6. The average molecular weight is 659 g/mol. The quantitative estimate of drug-likeness (QED) is 0.0895. The first-order valence-electron chi connectivity index (χ1n) is 16.9. The molecule has 5 N–H and O–H groups in total. The van der Waals surface area contributed by atoms with Crippen LogP contribution in [0.3, 0.4) is 0 Å². The molecule has 264 valence electrons. The smallest absolute Gasteiger partial charge is 0.312 e. The van der Waals surface area contributed by atoms with E-state index in [0.29, 0.717) is 43.7 Å². The van der Waals surface area contributed by atoms with Crippen LogP contribution in [0.5, 0.6) is 0 Å². The van der Waals surface area contributed by atoms with Crippen molar-refractivity contribution in [3.63, 3.8) is 0 Å². The number of primary amides is 1. The zero-order valence-electron chi connectivity index (χ0n) is 29.5. The van der Waals surface area contributed by atoms with Crippen LogP contribution in [0.1, 0.15) is 118 Å². The number of anilines is 1. The summed E-state index contributed by atoms with van der Waals surface area (Å²) in [5.41, 5.74) is 5.83. The van der Waals surface area contributed by atoms with E-state index in [1.54, 1.807) is 45.0 Å². The van der Waals surface area contributed by atoms with Crippen LogP contribution in [0.4, 0.5) is 10.5 Å². The summed E-state index contributed by atoms with van der Waals surface area (Å²) in [6.07, 6.45) is 5.29. The third-order valence-corrected chi connectivity index (χ3v) is 7.63. The van der Waals surface area contributed by atoms with Gasteiger partial charge < -0.3 is 26.4 Å². The molecular weight excluding hydrogens is 600 g/mol. The maximum Gasteiger partial charge on any atom is 0.312 e. The Morgan fingerprint density at radius 3 is 2.00 bits per heavy atom. The van der Waals surface area contributed by atoms with E-state index in [2.05, 4.69) is 16.0 Å². The van der Waals surface area contributed by atoms with Crippen LogP contribution in [0.25, 0.3) is 0 Å². The van der Waals surface area contributed by atoms with E-state index in [1.807, 2.05) is 27.7 Å². The summed E-state index contributed by atoms with van der Waals surface area (Å²) in [5, 5.41) is 8.24. The highest BCUT2D eigenvalue weighted by Gasteiger charge is 2.29. The van der Waals surface area contributed by atoms with Gasteiger partial charge in [-0.15, -0.1) is 0 Å². The summed E-state index contributed by atoms with van der Waals surface area (Å²) in [6.45, 7) is 13.5. The minimum Gasteiger partial charge on any atom is -0.460 e. The Morgan fingerprint density at radius 1 is 0.830 bits per heavy atom. The van der Waals surface area contributed by atoms with E-state index < -0.39 is 23.4 Å². The molecule has 0 saturated heterocycles. The van der Waals surface area contributed by atoms with Gasteiger partial charge in [-0.1, -0.05) is 52.7 Å². The Kier molecular flexibility index (Phi) is 18.6. The molecule has 2 atom stereocenters. The van der Waals surface area contributed by atoms with Crippen molar-refractivity contribution in [3.05, 3.63) is 29.8 Å². The average Bonchev–Trinajstić information content (AvgIpc) is 2.97. The van der Waals surface area contributed by atoms with Crippen molar-refractivity contribution in [2.75, 3.05) is 11.9 Å². The number of carbonyl (C=O) groups excluding carboxylic acids is 6. The van der Waals surface area contributed by atoms with Crippen LogP contribution in [0, 0.1) is 23.2 Å². The van der Waals surface area contributed by atoms with Gasteiger partial charge >= 0.3 is 12.0 Å². The molecule has 0 heterocycles. The summed E-state index contributed by atoms with van der Waals surface area (Å²) >= 11 is 0. The lowest BCUT2D eigenvalue weighted by molar-refractivity contribution is -0.154. The normalized spacial score (nSPS) is 12.7. The number of Topliss-reactive ketones (excluding diaryl/α,β-unsaturated/α-hetero) is 2. The van der Waals surface area contributed by atoms with E-state index in [-0.39, 0.29) is 61.3 Å². The minimum absolute atomic E-state index is 0.0865. The number of urea groups is 1. The van der Waals surface area contributed by atoms with Gasteiger partial charge in [0.15, 0.2) is 5.78 Å². The molecule has 1 aromatic carbocycles. The molecule has 11 heteroatoms. The van der Waals surface area contributed by atoms with E-state index in [9.17, 15) is 28.8 Å². The first-order valence-corrected chi connectivity index (χ1v) is 16.9. The second-order valence-electron chi connectivity index (χ2n) is 14.2. The van der Waals surface area contributed by atoms with Crippen LogP contribution in [-0.2, 0) is 35.3 Å². The van der Waals surface area contributed by atoms with Gasteiger partial charge in [0, 0.05) is 43.8 Å². The summed E-state index contributed by atoms with van der Waals surface area (Å²) in [5.74, 6) is -1.37. The van der Waals surface area contributed by atoms with Crippen LogP contribution >= 0.6 is 0 Å². The van der Waals surface area contributed by atoms with Crippen LogP contribution in [-0.4, -0.2) is 48.0 Å². The van der Waals surface area contributed by atoms with Gasteiger partial charge in [0.05, 0.1) is 11.5 Å². The molecule has 0 saturated carbocycles. The third-order valence-electron chi connectivity index (χ3n) is 7.63. The van der Waals surface area contributed by atoms with Crippen molar-refractivity contribution in [3.8, 4) is 0 Å². The Labute approximate surface area is 280 Å². The number of ketones is 2. The highest BCUT2D eigenvalue weighted by Crippen LogP contribution is 2.21. The van der Waals surface area contributed by atoms with E-state index in [1.165, 1.54) is 0 Å². The second-order valence-corrected chi connectivity index (χ2v) is 14.2. The van der Waals surface area contributed by atoms with Crippen molar-refractivity contribution in [2.24, 2.45) is 28.9 Å². The first kappa shape index (κ1) is 41.3. The molecule has 47 heavy (non-hydrogen) atoms. The lowest BCUT2D eigenvalue weighted by atomic mass is 9.89. The fourth-order valence-electron chi connectivity index (χ4n) is 4.93. The van der Waals surface area contributed by atoms with Gasteiger partial charge in [-0.2, -0.15) is 0 Å². The van der Waals surface area contributed by atoms with Gasteiger partial charge in [-0.25, -0.2) is 4.79 Å². The second kappa shape index (κ2) is 21.2. The lowest BCUT2D eigenvalue weighted by Gasteiger charge is -2.24. The SMILES string of the molecule is CC(C)CC(=O)CCCCCCC(=O)N[C@H](C(=O)C[C@@H](CCCNC(N)=O)C(=O)Nc1ccc(COC(=O)C(C)(C)C)cc1)C(C)C. The molecule has 11 nitrogen and oxygen atoms in total. The molecule has 0 aliphatic carbocycles. The van der Waals surface area contributed by atoms with E-state index >= 15 is 0 Å². The molecule has 0 radical (unpaired) electrons. The number of hydrogen-bond donors (Lipinski definition) is 4. The first-order chi connectivity index (χ1) is 22.0. The van der Waals surface area contributed by atoms with Gasteiger partial charge in [0.2, 0.25) is 11.8 Å². The predicted octanol–water partition coefficient (Wildman–Crippen LogP) is 5.83. The van der Waals surface area contributed by atoms with Crippen molar-refractivity contribution < 1.29 is 33.5 Å². The Hall–Kier alpha value is -3.76. The molecule has 0 spiro atoms. The fraction of sp³-hybridized carbons (Fsp3) is 0.667. The topological polar surface area (TPSA) is 174 Å². The monoisotopic (exact) mass is 658 g/mol. The number of carbonyl (C=O) groups is 6. The third kappa shape index (κ3) is 18.2. The number of rotatable bonds is 22. The maximum atomic E-state index is 13.5. The standard InChI is InChI=1S/C36H58N4O7/c1-24(2)21-29(41)14-10-8-9-11-15-31(43)40-32(25(3)4)30(42)22-27(13-12-20-38-35(37)46)33(44)39-28-18-16-26(17-19-28)23-47-34(45)36(5,6)7/h16-19,24-25,27,32H,8-15,20-23H2,1-7H3,(H,39,44)(H,40,43)(H3,37,38,46)/t27-,32+/m1/s1. The molecule has 0 fully saturated rings. The van der Waals surface area contributed by atoms with E-state index in [0.717, 1.165) is 24.8 Å². The van der Waals surface area contributed by atoms with Crippen molar-refractivity contribution in [1.82, 2.24) is 10.6 Å². The lowest BCUT2D eigenvalue weighted by Crippen LogP contribution is -2.45. The number of unbranched alkanes of at least 4 members (excludes halogenated alkanes) is 3. The van der Waals surface area contributed by atoms with Crippen molar-refractivity contribution in [2.45, 2.75) is 125 Å². The largest absolute Gasteiger partial charge is 0.460 e. The number of nitrogens with two attached hydrogens (primary N) is 1. The van der Waals surface area contributed by atoms with Gasteiger partial charge in [-0.3, -0.25) is 24.0 Å². The zero-order valence-corrected chi connectivity index (χ0v) is 29.5. The number of amides is 4. The summed E-state index contributed by atoms with van der Waals surface area (Å²) in [6, 6.07) is 5.49. The molecule has 0 aromatic heterocycles. The zero-order chi connectivity index (χ0) is 35.6. The Morgan fingerprint density at radius 2 is 1.45 bits per heavy atom. The van der Waals surface area contributed by atoms with Gasteiger partial charge in [-0.05, 0) is 76.0 Å². The van der Waals surface area contributed by atoms with Gasteiger partial charge in [0.25, 0.3) is 0 Å². The van der Waals surface area contributed by atoms with Crippen LogP contribution in [0.15, 0.2) is 24.3 Å². The molecule has 0 aliphatic heterocycles. The molecule has 1 rings (SSSR count). The molecule has 4 amide bonds. The van der Waals surface area contributed by atoms with Crippen LogP contribution in [0.2, 0.25) is 0 Å². The van der Waals surface area contributed by atoms with Crippen molar-refractivity contribution >= 4 is 41.1 Å². The fourth-order valence-corrected chi connectivity index (χ4v) is 4.93. The van der Waals surface area contributed by atoms with Crippen molar-refractivity contribution in [1.29, 1.82) is 0 Å². The Balaban J connectivity index is 2.77. The highest BCUT2D eigenvalue weighted by atomic mass is 16.5. The number of benzene rings is 1. The molecule has 0 unspecified atom stereocenters.